The second kappa shape index (κ2) is 12.5. The molecule has 268 valence electrons. The van der Waals surface area contributed by atoms with E-state index in [2.05, 4.69) is 158 Å². The van der Waals surface area contributed by atoms with E-state index < -0.39 is 0 Å². The van der Waals surface area contributed by atoms with E-state index in [1.807, 2.05) is 12.1 Å². The smallest absolute Gasteiger partial charge is 0.344 e. The van der Waals surface area contributed by atoms with E-state index in [0.29, 0.717) is 11.3 Å². The lowest BCUT2D eigenvalue weighted by molar-refractivity contribution is -0.127. The maximum atomic E-state index is 15.8. The van der Waals surface area contributed by atoms with Crippen LogP contribution in [0.5, 0.6) is 5.75 Å². The van der Waals surface area contributed by atoms with Crippen LogP contribution >= 0.6 is 0 Å². The monoisotopic (exact) mass is 728 g/mol. The molecule has 0 N–H and O–H groups in total. The molecule has 2 heteroatoms. The van der Waals surface area contributed by atoms with Crippen LogP contribution in [0.15, 0.2) is 170 Å². The Morgan fingerprint density at radius 2 is 0.667 bits per heavy atom. The van der Waals surface area contributed by atoms with Crippen LogP contribution in [0, 0.1) is 0 Å². The summed E-state index contributed by atoms with van der Waals surface area (Å²) in [6, 6.07) is 60.6. The van der Waals surface area contributed by atoms with Crippen LogP contribution in [0.25, 0.3) is 55.7 Å². The molecule has 0 heterocycles. The summed E-state index contributed by atoms with van der Waals surface area (Å²) in [5, 5.41) is 0. The van der Waals surface area contributed by atoms with Gasteiger partial charge in [-0.25, -0.2) is 4.79 Å². The van der Waals surface area contributed by atoms with Crippen molar-refractivity contribution in [3.05, 3.63) is 231 Å². The molecule has 4 aliphatic carbocycles. The molecule has 8 aromatic carbocycles. The number of ether oxygens (including phenoxy) is 1. The van der Waals surface area contributed by atoms with Crippen molar-refractivity contribution < 1.29 is 9.53 Å². The summed E-state index contributed by atoms with van der Waals surface area (Å²) in [7, 11) is 0. The van der Waals surface area contributed by atoms with Gasteiger partial charge in [0.15, 0.2) is 0 Å². The summed E-state index contributed by atoms with van der Waals surface area (Å²) in [5.74, 6) is 0.290. The summed E-state index contributed by atoms with van der Waals surface area (Å²) >= 11 is 0. The van der Waals surface area contributed by atoms with E-state index >= 15 is 4.79 Å². The minimum absolute atomic E-state index is 0.333. The van der Waals surface area contributed by atoms with Crippen molar-refractivity contribution in [1.82, 2.24) is 0 Å². The Hall–Kier alpha value is -7.03. The minimum atomic E-state index is -0.333. The molecule has 0 aliphatic heterocycles. The highest BCUT2D eigenvalue weighted by molar-refractivity contribution is 6.29. The van der Waals surface area contributed by atoms with Crippen LogP contribution in [0.3, 0.4) is 0 Å². The van der Waals surface area contributed by atoms with Gasteiger partial charge in [0.1, 0.15) is 5.75 Å². The number of hydrogen-bond donors (Lipinski definition) is 0. The highest BCUT2D eigenvalue weighted by Gasteiger charge is 2.34. The molecule has 0 saturated heterocycles. The lowest BCUT2D eigenvalue weighted by Crippen LogP contribution is -2.16. The van der Waals surface area contributed by atoms with Crippen molar-refractivity contribution in [3.8, 4) is 50.3 Å². The number of rotatable bonds is 5. The first kappa shape index (κ1) is 32.2. The molecule has 2 nitrogen and oxygen atoms in total. The fourth-order valence-corrected chi connectivity index (χ4v) is 10.3. The molecule has 0 radical (unpaired) electrons. The van der Waals surface area contributed by atoms with Gasteiger partial charge in [-0.15, -0.1) is 0 Å². The molecular weight excluding hydrogens is 693 g/mol. The molecule has 0 saturated carbocycles. The summed E-state index contributed by atoms with van der Waals surface area (Å²) < 4.78 is 6.83. The molecule has 0 bridgehead atoms. The van der Waals surface area contributed by atoms with Gasteiger partial charge >= 0.3 is 5.97 Å². The second-order valence-corrected chi connectivity index (χ2v) is 15.8. The zero-order chi connectivity index (χ0) is 37.6. The standard InChI is InChI=1S/C55H36O2/c56-55(57-52-28-12-24-44-40-20-8-4-16-36(40)32-51(44)52)54(47-27-11-23-43-39-19-7-3-15-35(39)31-50(43)47)53(45-25-9-21-41-37-17-5-1-13-33(37)29-48(41)45)46-26-10-22-42-38-18-6-2-14-34(38)30-49(42)46/h1-28H,29-32H2. The lowest BCUT2D eigenvalue weighted by atomic mass is 9.81. The van der Waals surface area contributed by atoms with Crippen LogP contribution in [0.4, 0.5) is 0 Å². The van der Waals surface area contributed by atoms with Crippen LogP contribution in [-0.4, -0.2) is 5.97 Å². The number of carbonyl (C=O) groups excluding carboxylic acids is 1. The summed E-state index contributed by atoms with van der Waals surface area (Å²) in [4.78, 5) is 15.8. The van der Waals surface area contributed by atoms with E-state index in [1.165, 1.54) is 77.9 Å². The predicted octanol–water partition coefficient (Wildman–Crippen LogP) is 12.5. The van der Waals surface area contributed by atoms with E-state index in [-0.39, 0.29) is 5.97 Å². The molecule has 0 atom stereocenters. The largest absolute Gasteiger partial charge is 0.423 e. The fraction of sp³-hybridized carbons (Fsp3) is 0.0727. The highest BCUT2D eigenvalue weighted by Crippen LogP contribution is 2.50. The van der Waals surface area contributed by atoms with Crippen LogP contribution in [-0.2, 0) is 30.5 Å². The quantitative estimate of drug-likeness (QED) is 0.0763. The maximum Gasteiger partial charge on any atom is 0.344 e. The van der Waals surface area contributed by atoms with E-state index in [0.717, 1.165) is 59.1 Å². The van der Waals surface area contributed by atoms with Gasteiger partial charge in [-0.05, 0) is 125 Å². The molecule has 8 aromatic rings. The molecule has 0 fully saturated rings. The van der Waals surface area contributed by atoms with Gasteiger partial charge in [-0.2, -0.15) is 0 Å². The average molecular weight is 729 g/mol. The molecule has 4 aliphatic rings. The minimum Gasteiger partial charge on any atom is -0.423 e. The van der Waals surface area contributed by atoms with Crippen LogP contribution in [0.1, 0.15) is 61.2 Å². The third kappa shape index (κ3) is 4.87. The maximum absolute atomic E-state index is 15.8. The summed E-state index contributed by atoms with van der Waals surface area (Å²) in [6.45, 7) is 0. The van der Waals surface area contributed by atoms with Crippen molar-refractivity contribution in [1.29, 1.82) is 0 Å². The van der Waals surface area contributed by atoms with Gasteiger partial charge < -0.3 is 4.74 Å². The summed E-state index contributed by atoms with van der Waals surface area (Å²) in [6.07, 6.45) is 3.07. The predicted molar refractivity (Wildman–Crippen MR) is 230 cm³/mol. The Bertz CT molecular complexity index is 2970. The molecule has 0 spiro atoms. The number of fused-ring (bicyclic) bond motifs is 12. The Kier molecular flexibility index (Phi) is 7.07. The van der Waals surface area contributed by atoms with Crippen molar-refractivity contribution in [2.24, 2.45) is 0 Å². The Morgan fingerprint density at radius 3 is 1.12 bits per heavy atom. The van der Waals surface area contributed by atoms with Crippen molar-refractivity contribution in [2.75, 3.05) is 0 Å². The van der Waals surface area contributed by atoms with Crippen molar-refractivity contribution in [3.63, 3.8) is 0 Å². The van der Waals surface area contributed by atoms with Crippen LogP contribution in [0.2, 0.25) is 0 Å². The third-order valence-corrected chi connectivity index (χ3v) is 12.8. The number of carbonyl (C=O) groups is 1. The van der Waals surface area contributed by atoms with Gasteiger partial charge in [0, 0.05) is 17.6 Å². The van der Waals surface area contributed by atoms with Gasteiger partial charge in [-0.1, -0.05) is 164 Å². The number of benzene rings is 8. The molecular formula is C55H36O2. The Labute approximate surface area is 332 Å². The Morgan fingerprint density at radius 1 is 0.333 bits per heavy atom. The number of esters is 1. The highest BCUT2D eigenvalue weighted by atomic mass is 16.5. The fourth-order valence-electron chi connectivity index (χ4n) is 10.3. The molecule has 0 unspecified atom stereocenters. The lowest BCUT2D eigenvalue weighted by Gasteiger charge is -2.23. The van der Waals surface area contributed by atoms with E-state index in [9.17, 15) is 0 Å². The molecule has 12 rings (SSSR count). The normalized spacial score (nSPS) is 13.1. The first-order valence-corrected chi connectivity index (χ1v) is 20.0. The third-order valence-electron chi connectivity index (χ3n) is 12.8. The zero-order valence-corrected chi connectivity index (χ0v) is 31.3. The van der Waals surface area contributed by atoms with Gasteiger partial charge in [0.25, 0.3) is 0 Å². The SMILES string of the molecule is O=C(Oc1cccc2c1Cc1ccccc1-2)C(=C(c1cccc2c1Cc1ccccc1-2)c1cccc2c1Cc1ccccc1-2)c1cccc2c1Cc1ccccc1-2. The van der Waals surface area contributed by atoms with Gasteiger partial charge in [0.05, 0.1) is 5.57 Å². The summed E-state index contributed by atoms with van der Waals surface area (Å²) in [5.41, 5.74) is 24.3. The zero-order valence-electron chi connectivity index (χ0n) is 31.3. The topological polar surface area (TPSA) is 26.3 Å². The number of hydrogen-bond acceptors (Lipinski definition) is 2. The van der Waals surface area contributed by atoms with Gasteiger partial charge in [-0.3, -0.25) is 0 Å². The second-order valence-electron chi connectivity index (χ2n) is 15.8. The molecule has 0 amide bonds. The van der Waals surface area contributed by atoms with Gasteiger partial charge in [0.2, 0.25) is 0 Å². The van der Waals surface area contributed by atoms with Crippen molar-refractivity contribution in [2.45, 2.75) is 25.7 Å². The van der Waals surface area contributed by atoms with Crippen LogP contribution < -0.4 is 4.74 Å². The van der Waals surface area contributed by atoms with E-state index in [1.54, 1.807) is 0 Å². The van der Waals surface area contributed by atoms with E-state index in [4.69, 9.17) is 4.74 Å². The first-order chi connectivity index (χ1) is 28.2. The Balaban J connectivity index is 1.15. The first-order valence-electron chi connectivity index (χ1n) is 20.0. The van der Waals surface area contributed by atoms with Crippen molar-refractivity contribution >= 4 is 17.1 Å². The molecule has 0 aromatic heterocycles. The molecule has 57 heavy (non-hydrogen) atoms. The average Bonchev–Trinajstić information content (AvgIpc) is 4.03.